The molecular weight excluding hydrogens is 410 g/mol. The van der Waals surface area contributed by atoms with Crippen molar-refractivity contribution < 1.29 is 35.7 Å². The first kappa shape index (κ1) is 20.7. The summed E-state index contributed by atoms with van der Waals surface area (Å²) in [6.45, 7) is 1.28. The summed E-state index contributed by atoms with van der Waals surface area (Å²) in [5.74, 6) is -3.36. The lowest BCUT2D eigenvalue weighted by atomic mass is 9.87. The number of piperidine rings is 1. The van der Waals surface area contributed by atoms with Crippen molar-refractivity contribution in [2.24, 2.45) is 5.92 Å². The fourth-order valence-electron chi connectivity index (χ4n) is 3.44. The molecule has 1 aliphatic rings. The number of hydrogen-bond donors (Lipinski definition) is 0. The number of likely N-dealkylation sites (tertiary alicyclic amines) is 1. The molecule has 3 rings (SSSR count). The van der Waals surface area contributed by atoms with Crippen molar-refractivity contribution in [3.63, 3.8) is 0 Å². The van der Waals surface area contributed by atoms with Gasteiger partial charge in [-0.3, -0.25) is 4.79 Å². The van der Waals surface area contributed by atoms with Crippen LogP contribution in [0, 0.1) is 5.92 Å². The summed E-state index contributed by atoms with van der Waals surface area (Å²) >= 11 is 1.14. The second kappa shape index (κ2) is 7.41. The minimum atomic E-state index is -4.68. The maximum Gasteiger partial charge on any atom is 0.452 e. The molecule has 0 spiro atoms. The molecule has 0 saturated carbocycles. The molecule has 2 atom stereocenters. The average Bonchev–Trinajstić information content (AvgIpc) is 3.26. The standard InChI is InChI=1S/C17H16F6N2O2S/c1-2-12-14(24-27-15(12)17(21,22)23)10-4-13(28-7-10)9-3-11(16(18,19)20)6-25(5-9)8-26/h4,7-9,11H,2-3,5-6H2,1H3. The Labute approximate surface area is 160 Å². The highest BCUT2D eigenvalue weighted by Gasteiger charge is 2.45. The molecule has 2 unspecified atom stereocenters. The lowest BCUT2D eigenvalue weighted by Crippen LogP contribution is -2.44. The van der Waals surface area contributed by atoms with Gasteiger partial charge >= 0.3 is 12.4 Å². The zero-order valence-electron chi connectivity index (χ0n) is 14.6. The minimum absolute atomic E-state index is 0.0350. The molecule has 4 nitrogen and oxygen atoms in total. The van der Waals surface area contributed by atoms with E-state index in [2.05, 4.69) is 9.68 Å². The molecule has 11 heteroatoms. The van der Waals surface area contributed by atoms with Crippen LogP contribution < -0.4 is 0 Å². The molecule has 28 heavy (non-hydrogen) atoms. The quantitative estimate of drug-likeness (QED) is 0.504. The highest BCUT2D eigenvalue weighted by molar-refractivity contribution is 7.10. The first-order chi connectivity index (χ1) is 13.0. The average molecular weight is 426 g/mol. The third-order valence-electron chi connectivity index (χ3n) is 4.79. The highest BCUT2D eigenvalue weighted by atomic mass is 32.1. The SMILES string of the molecule is CCc1c(-c2csc(C3CC(C(F)(F)F)CN(C=O)C3)c2)noc1C(F)(F)F. The molecule has 1 saturated heterocycles. The van der Waals surface area contributed by atoms with Gasteiger partial charge in [0, 0.05) is 40.4 Å². The lowest BCUT2D eigenvalue weighted by molar-refractivity contribution is -0.188. The number of rotatable bonds is 4. The Morgan fingerprint density at radius 2 is 2.00 bits per heavy atom. The fourth-order valence-corrected chi connectivity index (χ4v) is 4.44. The molecule has 1 fully saturated rings. The van der Waals surface area contributed by atoms with E-state index in [1.54, 1.807) is 5.38 Å². The molecule has 0 radical (unpaired) electrons. The van der Waals surface area contributed by atoms with Crippen LogP contribution in [0.4, 0.5) is 26.3 Å². The Hall–Kier alpha value is -2.04. The van der Waals surface area contributed by atoms with E-state index in [4.69, 9.17) is 0 Å². The van der Waals surface area contributed by atoms with Gasteiger partial charge in [-0.2, -0.15) is 26.3 Å². The number of alkyl halides is 6. The molecule has 0 bridgehead atoms. The Kier molecular flexibility index (Phi) is 5.48. The number of hydrogen-bond acceptors (Lipinski definition) is 4. The van der Waals surface area contributed by atoms with E-state index in [0.29, 0.717) is 16.9 Å². The van der Waals surface area contributed by atoms with Crippen LogP contribution in [0.2, 0.25) is 0 Å². The van der Waals surface area contributed by atoms with Gasteiger partial charge in [0.15, 0.2) is 0 Å². The van der Waals surface area contributed by atoms with E-state index in [1.165, 1.54) is 13.0 Å². The van der Waals surface area contributed by atoms with Gasteiger partial charge in [-0.25, -0.2) is 0 Å². The molecule has 3 heterocycles. The van der Waals surface area contributed by atoms with Crippen LogP contribution in [0.3, 0.4) is 0 Å². The van der Waals surface area contributed by atoms with Gasteiger partial charge < -0.3 is 9.42 Å². The van der Waals surface area contributed by atoms with Crippen molar-refractivity contribution in [3.05, 3.63) is 27.6 Å². The van der Waals surface area contributed by atoms with Crippen molar-refractivity contribution in [1.29, 1.82) is 0 Å². The number of carbonyl (C=O) groups excluding carboxylic acids is 1. The Bertz CT molecular complexity index is 842. The van der Waals surface area contributed by atoms with E-state index in [-0.39, 0.29) is 37.2 Å². The lowest BCUT2D eigenvalue weighted by Gasteiger charge is -2.36. The molecule has 0 aromatic carbocycles. The first-order valence-electron chi connectivity index (χ1n) is 8.45. The number of amides is 1. The Morgan fingerprint density at radius 1 is 1.29 bits per heavy atom. The number of nitrogens with zero attached hydrogens (tertiary/aromatic N) is 2. The summed E-state index contributed by atoms with van der Waals surface area (Å²) in [4.78, 5) is 12.7. The topological polar surface area (TPSA) is 46.3 Å². The maximum absolute atomic E-state index is 13.2. The largest absolute Gasteiger partial charge is 0.452 e. The van der Waals surface area contributed by atoms with E-state index in [9.17, 15) is 31.1 Å². The van der Waals surface area contributed by atoms with E-state index in [1.807, 2.05) is 0 Å². The van der Waals surface area contributed by atoms with E-state index < -0.39 is 29.9 Å². The van der Waals surface area contributed by atoms with E-state index in [0.717, 1.165) is 16.2 Å². The van der Waals surface area contributed by atoms with Crippen LogP contribution in [-0.2, 0) is 17.4 Å². The smallest absolute Gasteiger partial charge is 0.351 e. The second-order valence-electron chi connectivity index (χ2n) is 6.66. The van der Waals surface area contributed by atoms with Crippen LogP contribution in [-0.4, -0.2) is 35.7 Å². The van der Waals surface area contributed by atoms with Crippen LogP contribution in [0.1, 0.15) is 35.5 Å². The van der Waals surface area contributed by atoms with Gasteiger partial charge in [0.2, 0.25) is 12.2 Å². The summed E-state index contributed by atoms with van der Waals surface area (Å²) in [6.07, 6.45) is -8.85. The predicted octanol–water partition coefficient (Wildman–Crippen LogP) is 5.11. The molecular formula is C17H16F6N2O2S. The second-order valence-corrected chi connectivity index (χ2v) is 7.60. The highest BCUT2D eigenvalue weighted by Crippen LogP contribution is 2.43. The van der Waals surface area contributed by atoms with Crippen LogP contribution in [0.25, 0.3) is 11.3 Å². The van der Waals surface area contributed by atoms with Crippen molar-refractivity contribution in [2.75, 3.05) is 13.1 Å². The maximum atomic E-state index is 13.2. The molecule has 0 aliphatic carbocycles. The normalized spacial score (nSPS) is 21.2. The third kappa shape index (κ3) is 4.03. The van der Waals surface area contributed by atoms with E-state index >= 15 is 0 Å². The third-order valence-corrected chi connectivity index (χ3v) is 5.88. The van der Waals surface area contributed by atoms with Crippen LogP contribution in [0.5, 0.6) is 0 Å². The molecule has 2 aromatic heterocycles. The summed E-state index contributed by atoms with van der Waals surface area (Å²) in [6, 6.07) is 1.54. The van der Waals surface area contributed by atoms with Gasteiger partial charge in [-0.05, 0) is 18.9 Å². The zero-order valence-corrected chi connectivity index (χ0v) is 15.4. The molecule has 1 aliphatic heterocycles. The first-order valence-corrected chi connectivity index (χ1v) is 9.33. The zero-order chi connectivity index (χ0) is 20.7. The summed E-state index contributed by atoms with van der Waals surface area (Å²) in [5, 5.41) is 5.08. The van der Waals surface area contributed by atoms with Crippen molar-refractivity contribution in [2.45, 2.75) is 38.0 Å². The molecule has 0 N–H and O–H groups in total. The monoisotopic (exact) mass is 426 g/mol. The van der Waals surface area contributed by atoms with Crippen molar-refractivity contribution >= 4 is 17.7 Å². The predicted molar refractivity (Wildman–Crippen MR) is 88.7 cm³/mol. The Morgan fingerprint density at radius 3 is 2.57 bits per heavy atom. The summed E-state index contributed by atoms with van der Waals surface area (Å²) in [7, 11) is 0. The summed E-state index contributed by atoms with van der Waals surface area (Å²) in [5.41, 5.74) is 0.304. The number of halogens is 6. The van der Waals surface area contributed by atoms with Gasteiger partial charge in [-0.15, -0.1) is 11.3 Å². The Balaban J connectivity index is 1.90. The molecule has 154 valence electrons. The van der Waals surface area contributed by atoms with Crippen LogP contribution >= 0.6 is 11.3 Å². The van der Waals surface area contributed by atoms with Gasteiger partial charge in [0.1, 0.15) is 5.69 Å². The van der Waals surface area contributed by atoms with Crippen LogP contribution in [0.15, 0.2) is 16.0 Å². The number of aromatic nitrogens is 1. The molecule has 1 amide bonds. The minimum Gasteiger partial charge on any atom is -0.351 e. The number of carbonyl (C=O) groups is 1. The van der Waals surface area contributed by atoms with Crippen molar-refractivity contribution in [3.8, 4) is 11.3 Å². The number of thiophene rings is 1. The van der Waals surface area contributed by atoms with Crippen molar-refractivity contribution in [1.82, 2.24) is 10.1 Å². The van der Waals surface area contributed by atoms with Gasteiger partial charge in [-0.1, -0.05) is 12.1 Å². The van der Waals surface area contributed by atoms with Gasteiger partial charge in [0.25, 0.3) is 0 Å². The van der Waals surface area contributed by atoms with Gasteiger partial charge in [0.05, 0.1) is 5.92 Å². The summed E-state index contributed by atoms with van der Waals surface area (Å²) < 4.78 is 83.0. The molecule has 2 aromatic rings. The fraction of sp³-hybridized carbons (Fsp3) is 0.529.